The average molecular weight is 262 g/mol. The van der Waals surface area contributed by atoms with Crippen LogP contribution in [0.3, 0.4) is 0 Å². The lowest BCUT2D eigenvalue weighted by Crippen LogP contribution is -2.38. The summed E-state index contributed by atoms with van der Waals surface area (Å²) in [5, 5.41) is 11.8. The molecule has 1 aromatic rings. The van der Waals surface area contributed by atoms with Crippen molar-refractivity contribution < 1.29 is 5.21 Å². The highest BCUT2D eigenvalue weighted by Crippen LogP contribution is 2.31. The number of oxime groups is 1. The number of piperidine rings is 1. The van der Waals surface area contributed by atoms with Crippen LogP contribution in [0.2, 0.25) is 0 Å². The number of aromatic nitrogens is 1. The van der Waals surface area contributed by atoms with Gasteiger partial charge in [-0.25, -0.2) is 4.98 Å². The largest absolute Gasteiger partial charge is 0.409 e. The maximum absolute atomic E-state index is 8.78. The number of amidine groups is 1. The van der Waals surface area contributed by atoms with E-state index in [1.165, 1.54) is 0 Å². The van der Waals surface area contributed by atoms with Crippen LogP contribution in [0.5, 0.6) is 0 Å². The van der Waals surface area contributed by atoms with Gasteiger partial charge in [-0.05, 0) is 37.3 Å². The Balaban J connectivity index is 2.24. The van der Waals surface area contributed by atoms with Crippen molar-refractivity contribution in [3.63, 3.8) is 0 Å². The van der Waals surface area contributed by atoms with Gasteiger partial charge in [0.05, 0.1) is 0 Å². The highest BCUT2D eigenvalue weighted by atomic mass is 16.4. The van der Waals surface area contributed by atoms with Gasteiger partial charge in [-0.15, -0.1) is 0 Å². The summed E-state index contributed by atoms with van der Waals surface area (Å²) in [6.07, 6.45) is 2.31. The molecule has 0 spiro atoms. The van der Waals surface area contributed by atoms with E-state index in [2.05, 4.69) is 28.9 Å². The van der Waals surface area contributed by atoms with E-state index in [0.717, 1.165) is 43.0 Å². The van der Waals surface area contributed by atoms with Gasteiger partial charge in [0.2, 0.25) is 0 Å². The molecular formula is C14H22N4O. The first-order chi connectivity index (χ1) is 8.91. The molecule has 1 aromatic heterocycles. The second-order valence-corrected chi connectivity index (χ2v) is 5.99. The number of anilines is 1. The molecule has 1 aliphatic heterocycles. The fourth-order valence-electron chi connectivity index (χ4n) is 2.36. The Hall–Kier alpha value is -1.78. The van der Waals surface area contributed by atoms with Crippen molar-refractivity contribution in [3.8, 4) is 0 Å². The molecule has 5 heteroatoms. The highest BCUT2D eigenvalue weighted by Gasteiger charge is 2.26. The van der Waals surface area contributed by atoms with Gasteiger partial charge < -0.3 is 15.8 Å². The molecule has 0 radical (unpaired) electrons. The average Bonchev–Trinajstić information content (AvgIpc) is 2.37. The van der Waals surface area contributed by atoms with Gasteiger partial charge in [0.15, 0.2) is 5.84 Å². The monoisotopic (exact) mass is 262 g/mol. The zero-order valence-corrected chi connectivity index (χ0v) is 11.8. The Bertz CT molecular complexity index is 486. The zero-order chi connectivity index (χ0) is 14.0. The number of nitrogens with zero attached hydrogens (tertiary/aromatic N) is 3. The molecular weight excluding hydrogens is 240 g/mol. The first-order valence-corrected chi connectivity index (χ1v) is 6.63. The van der Waals surface area contributed by atoms with Gasteiger partial charge in [0.1, 0.15) is 5.82 Å². The van der Waals surface area contributed by atoms with E-state index in [4.69, 9.17) is 10.9 Å². The summed E-state index contributed by atoms with van der Waals surface area (Å²) in [6.45, 7) is 8.52. The highest BCUT2D eigenvalue weighted by molar-refractivity contribution is 5.97. The lowest BCUT2D eigenvalue weighted by atomic mass is 9.83. The fraction of sp³-hybridized carbons (Fsp3) is 0.571. The van der Waals surface area contributed by atoms with Crippen molar-refractivity contribution in [2.45, 2.75) is 33.6 Å². The van der Waals surface area contributed by atoms with Gasteiger partial charge in [0, 0.05) is 24.3 Å². The first kappa shape index (κ1) is 13.6. The normalized spacial score (nSPS) is 19.5. The Labute approximate surface area is 114 Å². The van der Waals surface area contributed by atoms with E-state index >= 15 is 0 Å². The van der Waals surface area contributed by atoms with Crippen LogP contribution in [-0.4, -0.2) is 29.1 Å². The molecule has 0 saturated carbocycles. The van der Waals surface area contributed by atoms with E-state index in [9.17, 15) is 0 Å². The molecule has 0 unspecified atom stereocenters. The Morgan fingerprint density at radius 2 is 2.00 bits per heavy atom. The Morgan fingerprint density at radius 1 is 1.37 bits per heavy atom. The third kappa shape index (κ3) is 3.16. The Kier molecular flexibility index (Phi) is 3.64. The molecule has 1 saturated heterocycles. The number of rotatable bonds is 2. The molecule has 0 amide bonds. The summed E-state index contributed by atoms with van der Waals surface area (Å²) in [7, 11) is 0. The van der Waals surface area contributed by atoms with Crippen molar-refractivity contribution >= 4 is 11.7 Å². The van der Waals surface area contributed by atoms with Gasteiger partial charge in [-0.3, -0.25) is 0 Å². The molecule has 104 valence electrons. The molecule has 2 rings (SSSR count). The maximum atomic E-state index is 8.78. The molecule has 2 heterocycles. The molecule has 3 N–H and O–H groups in total. The van der Waals surface area contributed by atoms with Gasteiger partial charge in [-0.2, -0.15) is 0 Å². The maximum Gasteiger partial charge on any atom is 0.170 e. The smallest absolute Gasteiger partial charge is 0.170 e. The van der Waals surface area contributed by atoms with E-state index in [1.807, 2.05) is 19.1 Å². The summed E-state index contributed by atoms with van der Waals surface area (Å²) in [6, 6.07) is 3.72. The minimum atomic E-state index is 0.129. The van der Waals surface area contributed by atoms with Crippen LogP contribution in [0.25, 0.3) is 0 Å². The van der Waals surface area contributed by atoms with Crippen molar-refractivity contribution in [1.82, 2.24) is 4.98 Å². The first-order valence-electron chi connectivity index (χ1n) is 6.63. The number of aryl methyl sites for hydroxylation is 1. The molecule has 1 fully saturated rings. The van der Waals surface area contributed by atoms with Gasteiger partial charge in [-0.1, -0.05) is 19.0 Å². The SMILES string of the molecule is Cc1cc(/C(N)=N/O)cc(N2CCC(C)(C)CC2)n1. The quantitative estimate of drug-likeness (QED) is 0.370. The van der Waals surface area contributed by atoms with Crippen molar-refractivity contribution in [1.29, 1.82) is 0 Å². The van der Waals surface area contributed by atoms with Gasteiger partial charge in [0.25, 0.3) is 0 Å². The molecule has 1 aliphatic rings. The van der Waals surface area contributed by atoms with Crippen molar-refractivity contribution in [2.75, 3.05) is 18.0 Å². The topological polar surface area (TPSA) is 74.7 Å². The fourth-order valence-corrected chi connectivity index (χ4v) is 2.36. The van der Waals surface area contributed by atoms with Crippen LogP contribution < -0.4 is 10.6 Å². The summed E-state index contributed by atoms with van der Waals surface area (Å²) in [5.41, 5.74) is 7.67. The molecule has 0 atom stereocenters. The standard InChI is InChI=1S/C14H22N4O/c1-10-8-11(13(15)17-19)9-12(16-10)18-6-4-14(2,3)5-7-18/h8-9,19H,4-7H2,1-3H3,(H2,15,17). The van der Waals surface area contributed by atoms with E-state index in [-0.39, 0.29) is 5.84 Å². The van der Waals surface area contributed by atoms with Crippen LogP contribution in [0, 0.1) is 12.3 Å². The summed E-state index contributed by atoms with van der Waals surface area (Å²) < 4.78 is 0. The molecule has 5 nitrogen and oxygen atoms in total. The number of pyridine rings is 1. The molecule has 19 heavy (non-hydrogen) atoms. The van der Waals surface area contributed by atoms with Crippen molar-refractivity contribution in [2.24, 2.45) is 16.3 Å². The van der Waals surface area contributed by atoms with E-state index in [1.54, 1.807) is 0 Å². The number of hydrogen-bond acceptors (Lipinski definition) is 4. The second-order valence-electron chi connectivity index (χ2n) is 5.99. The van der Waals surface area contributed by atoms with Crippen LogP contribution in [0.4, 0.5) is 5.82 Å². The summed E-state index contributed by atoms with van der Waals surface area (Å²) >= 11 is 0. The van der Waals surface area contributed by atoms with E-state index in [0.29, 0.717) is 5.41 Å². The predicted octanol–water partition coefficient (Wildman–Crippen LogP) is 2.11. The third-order valence-electron chi connectivity index (χ3n) is 3.78. The minimum Gasteiger partial charge on any atom is -0.409 e. The summed E-state index contributed by atoms with van der Waals surface area (Å²) in [5.74, 6) is 1.04. The van der Waals surface area contributed by atoms with Crippen LogP contribution >= 0.6 is 0 Å². The lowest BCUT2D eigenvalue weighted by Gasteiger charge is -2.37. The summed E-state index contributed by atoms with van der Waals surface area (Å²) in [4.78, 5) is 6.83. The number of nitrogens with two attached hydrogens (primary N) is 1. The molecule has 0 aromatic carbocycles. The van der Waals surface area contributed by atoms with Gasteiger partial charge >= 0.3 is 0 Å². The third-order valence-corrected chi connectivity index (χ3v) is 3.78. The molecule has 0 aliphatic carbocycles. The number of hydrogen-bond donors (Lipinski definition) is 2. The van der Waals surface area contributed by atoms with Crippen LogP contribution in [0.1, 0.15) is 37.9 Å². The van der Waals surface area contributed by atoms with Crippen LogP contribution in [-0.2, 0) is 0 Å². The Morgan fingerprint density at radius 3 is 2.58 bits per heavy atom. The van der Waals surface area contributed by atoms with E-state index < -0.39 is 0 Å². The van der Waals surface area contributed by atoms with Crippen LogP contribution in [0.15, 0.2) is 17.3 Å². The molecule has 0 bridgehead atoms. The lowest BCUT2D eigenvalue weighted by molar-refractivity contribution is 0.279. The zero-order valence-electron chi connectivity index (χ0n) is 11.8. The minimum absolute atomic E-state index is 0.129. The predicted molar refractivity (Wildman–Crippen MR) is 76.7 cm³/mol. The second kappa shape index (κ2) is 5.07. The van der Waals surface area contributed by atoms with Crippen molar-refractivity contribution in [3.05, 3.63) is 23.4 Å².